The van der Waals surface area contributed by atoms with E-state index in [1.807, 2.05) is 4.90 Å². The summed E-state index contributed by atoms with van der Waals surface area (Å²) in [5, 5.41) is 8.49. The molecule has 66 valence electrons. The average molecular weight is 166 g/mol. The molecule has 1 saturated heterocycles. The van der Waals surface area contributed by atoms with Gasteiger partial charge in [0.15, 0.2) is 0 Å². The zero-order chi connectivity index (χ0) is 8.97. The van der Waals surface area contributed by atoms with E-state index in [0.717, 1.165) is 25.9 Å². The minimum absolute atomic E-state index is 0.137. The number of likely N-dealkylation sites (tertiary alicyclic amines) is 1. The molecule has 0 N–H and O–H groups in total. The topological polar surface area (TPSA) is 44.1 Å². The third-order valence-electron chi connectivity index (χ3n) is 2.34. The molecule has 0 bridgehead atoms. The summed E-state index contributed by atoms with van der Waals surface area (Å²) < 4.78 is 0. The number of nitrogens with zero attached hydrogens (tertiary/aromatic N) is 2. The van der Waals surface area contributed by atoms with E-state index >= 15 is 0 Å². The first-order valence-corrected chi connectivity index (χ1v) is 4.36. The molecule has 1 fully saturated rings. The minimum Gasteiger partial charge on any atom is -0.343 e. The van der Waals surface area contributed by atoms with Crippen LogP contribution < -0.4 is 0 Å². The SMILES string of the molecule is CC(=O)N1CCCC(CC#N)C1. The fraction of sp³-hybridized carbons (Fsp3) is 0.778. The number of hydrogen-bond donors (Lipinski definition) is 0. The Balaban J connectivity index is 2.41. The Morgan fingerprint density at radius 2 is 2.50 bits per heavy atom. The molecule has 3 heteroatoms. The number of rotatable bonds is 1. The lowest BCUT2D eigenvalue weighted by molar-refractivity contribution is -0.130. The standard InChI is InChI=1S/C9H14N2O/c1-8(12)11-6-2-3-9(7-11)4-5-10/h9H,2-4,6-7H2,1H3. The molecule has 0 saturated carbocycles. The number of piperidine rings is 1. The van der Waals surface area contributed by atoms with E-state index < -0.39 is 0 Å². The van der Waals surface area contributed by atoms with Gasteiger partial charge in [-0.2, -0.15) is 5.26 Å². The summed E-state index contributed by atoms with van der Waals surface area (Å²) in [5.41, 5.74) is 0. The van der Waals surface area contributed by atoms with Crippen molar-refractivity contribution in [1.29, 1.82) is 5.26 Å². The Hall–Kier alpha value is -1.04. The summed E-state index contributed by atoms with van der Waals surface area (Å²) in [5.74, 6) is 0.547. The lowest BCUT2D eigenvalue weighted by Gasteiger charge is -2.30. The fourth-order valence-electron chi connectivity index (χ4n) is 1.65. The first-order chi connectivity index (χ1) is 5.74. The first-order valence-electron chi connectivity index (χ1n) is 4.36. The monoisotopic (exact) mass is 166 g/mol. The highest BCUT2D eigenvalue weighted by Gasteiger charge is 2.20. The molecule has 1 atom stereocenters. The van der Waals surface area contributed by atoms with Crippen LogP contribution in [0, 0.1) is 17.2 Å². The Kier molecular flexibility index (Phi) is 3.09. The number of carbonyl (C=O) groups is 1. The highest BCUT2D eigenvalue weighted by Crippen LogP contribution is 2.18. The third kappa shape index (κ3) is 2.23. The third-order valence-corrected chi connectivity index (χ3v) is 2.34. The first kappa shape index (κ1) is 9.05. The van der Waals surface area contributed by atoms with Gasteiger partial charge in [0.2, 0.25) is 5.91 Å². The van der Waals surface area contributed by atoms with Crippen LogP contribution in [0.1, 0.15) is 26.2 Å². The van der Waals surface area contributed by atoms with Crippen molar-refractivity contribution in [3.63, 3.8) is 0 Å². The lowest BCUT2D eigenvalue weighted by atomic mass is 9.95. The Labute approximate surface area is 73.0 Å². The quantitative estimate of drug-likeness (QED) is 0.586. The van der Waals surface area contributed by atoms with Crippen molar-refractivity contribution in [3.05, 3.63) is 0 Å². The van der Waals surface area contributed by atoms with Gasteiger partial charge >= 0.3 is 0 Å². The normalized spacial score (nSPS) is 23.3. The van der Waals surface area contributed by atoms with Crippen LogP contribution in [0.25, 0.3) is 0 Å². The van der Waals surface area contributed by atoms with Gasteiger partial charge in [0, 0.05) is 26.4 Å². The van der Waals surface area contributed by atoms with Crippen LogP contribution in [0.5, 0.6) is 0 Å². The molecule has 0 radical (unpaired) electrons. The average Bonchev–Trinajstić information content (AvgIpc) is 2.05. The van der Waals surface area contributed by atoms with Crippen molar-refractivity contribution in [2.24, 2.45) is 5.92 Å². The summed E-state index contributed by atoms with van der Waals surface area (Å²) in [4.78, 5) is 12.8. The highest BCUT2D eigenvalue weighted by molar-refractivity contribution is 5.73. The Morgan fingerprint density at radius 1 is 1.75 bits per heavy atom. The minimum atomic E-state index is 0.137. The molecule has 1 aliphatic heterocycles. The molecule has 3 nitrogen and oxygen atoms in total. The van der Waals surface area contributed by atoms with Crippen molar-refractivity contribution in [2.45, 2.75) is 26.2 Å². The van der Waals surface area contributed by atoms with Gasteiger partial charge in [-0.1, -0.05) is 0 Å². The largest absolute Gasteiger partial charge is 0.343 e. The van der Waals surface area contributed by atoms with E-state index in [0.29, 0.717) is 12.3 Å². The van der Waals surface area contributed by atoms with E-state index in [1.54, 1.807) is 6.92 Å². The van der Waals surface area contributed by atoms with Gasteiger partial charge in [-0.15, -0.1) is 0 Å². The lowest BCUT2D eigenvalue weighted by Crippen LogP contribution is -2.38. The molecule has 1 amide bonds. The Morgan fingerprint density at radius 3 is 3.08 bits per heavy atom. The van der Waals surface area contributed by atoms with Crippen molar-refractivity contribution in [3.8, 4) is 6.07 Å². The summed E-state index contributed by atoms with van der Waals surface area (Å²) >= 11 is 0. The molecule has 0 aliphatic carbocycles. The summed E-state index contributed by atoms with van der Waals surface area (Å²) in [6.45, 7) is 3.24. The fourth-order valence-corrected chi connectivity index (χ4v) is 1.65. The van der Waals surface area contributed by atoms with Gasteiger partial charge in [-0.25, -0.2) is 0 Å². The van der Waals surface area contributed by atoms with Gasteiger partial charge in [0.1, 0.15) is 0 Å². The van der Waals surface area contributed by atoms with Crippen molar-refractivity contribution < 1.29 is 4.79 Å². The second-order valence-electron chi connectivity index (χ2n) is 3.34. The number of nitriles is 1. The Bertz CT molecular complexity index is 207. The van der Waals surface area contributed by atoms with Crippen LogP contribution in [0.2, 0.25) is 0 Å². The zero-order valence-corrected chi connectivity index (χ0v) is 7.42. The molecule has 0 spiro atoms. The van der Waals surface area contributed by atoms with Crippen LogP contribution in [-0.4, -0.2) is 23.9 Å². The van der Waals surface area contributed by atoms with Crippen LogP contribution in [0.4, 0.5) is 0 Å². The molecule has 0 aromatic rings. The van der Waals surface area contributed by atoms with Crippen LogP contribution in [0.3, 0.4) is 0 Å². The molecule has 1 aliphatic rings. The number of carbonyl (C=O) groups excluding carboxylic acids is 1. The van der Waals surface area contributed by atoms with Crippen LogP contribution >= 0.6 is 0 Å². The molecule has 1 unspecified atom stereocenters. The maximum Gasteiger partial charge on any atom is 0.219 e. The molecule has 0 aromatic carbocycles. The highest BCUT2D eigenvalue weighted by atomic mass is 16.2. The van der Waals surface area contributed by atoms with Gasteiger partial charge in [-0.3, -0.25) is 4.79 Å². The van der Waals surface area contributed by atoms with E-state index in [9.17, 15) is 4.79 Å². The van der Waals surface area contributed by atoms with E-state index in [-0.39, 0.29) is 5.91 Å². The summed E-state index contributed by atoms with van der Waals surface area (Å²) in [6.07, 6.45) is 2.73. The van der Waals surface area contributed by atoms with E-state index in [2.05, 4.69) is 6.07 Å². The number of amides is 1. The van der Waals surface area contributed by atoms with E-state index in [4.69, 9.17) is 5.26 Å². The molecular weight excluding hydrogens is 152 g/mol. The van der Waals surface area contributed by atoms with E-state index in [1.165, 1.54) is 0 Å². The summed E-state index contributed by atoms with van der Waals surface area (Å²) in [7, 11) is 0. The predicted molar refractivity (Wildman–Crippen MR) is 45.2 cm³/mol. The maximum atomic E-state index is 11.0. The molecule has 0 aromatic heterocycles. The smallest absolute Gasteiger partial charge is 0.219 e. The second-order valence-corrected chi connectivity index (χ2v) is 3.34. The predicted octanol–water partition coefficient (Wildman–Crippen LogP) is 1.16. The molecule has 12 heavy (non-hydrogen) atoms. The van der Waals surface area contributed by atoms with Gasteiger partial charge in [-0.05, 0) is 18.8 Å². The molecular formula is C9H14N2O. The maximum absolute atomic E-state index is 11.0. The summed E-state index contributed by atoms with van der Waals surface area (Å²) in [6, 6.07) is 2.16. The molecule has 1 rings (SSSR count). The van der Waals surface area contributed by atoms with Gasteiger partial charge < -0.3 is 4.90 Å². The van der Waals surface area contributed by atoms with Crippen LogP contribution in [0.15, 0.2) is 0 Å². The van der Waals surface area contributed by atoms with Crippen LogP contribution in [-0.2, 0) is 4.79 Å². The van der Waals surface area contributed by atoms with Crippen molar-refractivity contribution in [1.82, 2.24) is 4.90 Å². The van der Waals surface area contributed by atoms with Crippen molar-refractivity contribution in [2.75, 3.05) is 13.1 Å². The van der Waals surface area contributed by atoms with Gasteiger partial charge in [0.05, 0.1) is 6.07 Å². The molecule has 1 heterocycles. The number of hydrogen-bond acceptors (Lipinski definition) is 2. The second kappa shape index (κ2) is 4.10. The van der Waals surface area contributed by atoms with Gasteiger partial charge in [0.25, 0.3) is 0 Å². The van der Waals surface area contributed by atoms with Crippen molar-refractivity contribution >= 4 is 5.91 Å². The zero-order valence-electron chi connectivity index (χ0n) is 7.42.